The van der Waals surface area contributed by atoms with Crippen LogP contribution in [-0.4, -0.2) is 30.6 Å². The molecule has 5 rings (SSSR count). The van der Waals surface area contributed by atoms with Crippen LogP contribution in [0, 0.1) is 6.92 Å². The molecule has 1 saturated carbocycles. The van der Waals surface area contributed by atoms with Crippen molar-refractivity contribution in [1.29, 1.82) is 0 Å². The number of aromatic nitrogens is 3. The lowest BCUT2D eigenvalue weighted by Gasteiger charge is -2.42. The van der Waals surface area contributed by atoms with Gasteiger partial charge in [-0.25, -0.2) is 0 Å². The average molecular weight is 427 g/mol. The molecular weight excluding hydrogens is 407 g/mol. The number of para-hydroxylation sites is 1. The van der Waals surface area contributed by atoms with Gasteiger partial charge in [0.15, 0.2) is 5.65 Å². The molecule has 2 aromatic carbocycles. The van der Waals surface area contributed by atoms with E-state index in [-0.39, 0.29) is 17.2 Å². The molecule has 1 aliphatic rings. The number of halogens is 3. The third kappa shape index (κ3) is 3.13. The lowest BCUT2D eigenvalue weighted by Crippen LogP contribution is -2.41. The summed E-state index contributed by atoms with van der Waals surface area (Å²) in [6, 6.07) is 11.3. The number of phenolic OH excluding ortho intramolecular Hbond substituents is 1. The van der Waals surface area contributed by atoms with Crippen LogP contribution < -0.4 is 0 Å². The second kappa shape index (κ2) is 6.43. The Bertz CT molecular complexity index is 1310. The fourth-order valence-electron chi connectivity index (χ4n) is 4.68. The van der Waals surface area contributed by atoms with Crippen molar-refractivity contribution in [1.82, 2.24) is 14.8 Å². The highest BCUT2D eigenvalue weighted by Crippen LogP contribution is 2.45. The Morgan fingerprint density at radius 1 is 1.06 bits per heavy atom. The van der Waals surface area contributed by atoms with Gasteiger partial charge in [-0.05, 0) is 56.5 Å². The summed E-state index contributed by atoms with van der Waals surface area (Å²) < 4.78 is 41.3. The fraction of sp³-hybridized carbons (Fsp3) is 0.304. The number of benzene rings is 2. The van der Waals surface area contributed by atoms with E-state index in [1.807, 2.05) is 24.3 Å². The molecule has 5 nitrogen and oxygen atoms in total. The molecule has 2 N–H and O–H groups in total. The average Bonchev–Trinajstić information content (AvgIpc) is 2.98. The summed E-state index contributed by atoms with van der Waals surface area (Å²) in [7, 11) is 0. The standard InChI is InChI=1S/C23H20F3N3O2/c1-12-7-13(23(24,25)26)8-19(30)20(12)17-9-16-15-5-3-4-6-18(15)29(21(16)28-27-17)14-10-22(2,31)11-14/h3-9,14,30-31H,10-11H2,1-2H3. The summed E-state index contributed by atoms with van der Waals surface area (Å²) in [4.78, 5) is 0. The Kier molecular flexibility index (Phi) is 4.11. The molecule has 4 aromatic rings. The topological polar surface area (TPSA) is 71.2 Å². The Balaban J connectivity index is 1.70. The molecule has 2 aromatic heterocycles. The highest BCUT2D eigenvalue weighted by atomic mass is 19.4. The molecule has 0 amide bonds. The number of aryl methyl sites for hydroxylation is 1. The van der Waals surface area contributed by atoms with E-state index < -0.39 is 23.1 Å². The Morgan fingerprint density at radius 3 is 2.42 bits per heavy atom. The first-order chi connectivity index (χ1) is 14.5. The van der Waals surface area contributed by atoms with Crippen molar-refractivity contribution in [3.05, 3.63) is 53.6 Å². The molecule has 1 fully saturated rings. The highest BCUT2D eigenvalue weighted by molar-refractivity contribution is 6.07. The van der Waals surface area contributed by atoms with Gasteiger partial charge in [-0.3, -0.25) is 0 Å². The maximum atomic E-state index is 13.1. The number of nitrogens with zero attached hydrogens (tertiary/aromatic N) is 3. The zero-order valence-corrected chi connectivity index (χ0v) is 16.9. The van der Waals surface area contributed by atoms with Gasteiger partial charge in [0.25, 0.3) is 0 Å². The van der Waals surface area contributed by atoms with Crippen LogP contribution >= 0.6 is 0 Å². The molecule has 8 heteroatoms. The van der Waals surface area contributed by atoms with Gasteiger partial charge in [0.05, 0.1) is 22.4 Å². The molecule has 0 spiro atoms. The van der Waals surface area contributed by atoms with Crippen molar-refractivity contribution in [3.8, 4) is 17.0 Å². The number of hydrogen-bond acceptors (Lipinski definition) is 4. The van der Waals surface area contributed by atoms with Crippen molar-refractivity contribution in [2.45, 2.75) is 44.5 Å². The first-order valence-electron chi connectivity index (χ1n) is 9.95. The van der Waals surface area contributed by atoms with E-state index in [4.69, 9.17) is 0 Å². The predicted octanol–water partition coefficient (Wildman–Crippen LogP) is 5.37. The summed E-state index contributed by atoms with van der Waals surface area (Å²) in [5, 5.41) is 31.0. The second-order valence-corrected chi connectivity index (χ2v) is 8.60. The zero-order chi connectivity index (χ0) is 22.1. The van der Waals surface area contributed by atoms with Crippen LogP contribution in [0.2, 0.25) is 0 Å². The van der Waals surface area contributed by atoms with Gasteiger partial charge < -0.3 is 14.8 Å². The summed E-state index contributed by atoms with van der Waals surface area (Å²) in [6.07, 6.45) is -3.35. The van der Waals surface area contributed by atoms with E-state index in [2.05, 4.69) is 14.8 Å². The quantitative estimate of drug-likeness (QED) is 0.451. The summed E-state index contributed by atoms with van der Waals surface area (Å²) >= 11 is 0. The molecule has 0 radical (unpaired) electrons. The number of alkyl halides is 3. The molecule has 0 saturated heterocycles. The van der Waals surface area contributed by atoms with Gasteiger partial charge in [-0.1, -0.05) is 18.2 Å². The van der Waals surface area contributed by atoms with E-state index in [1.54, 1.807) is 13.0 Å². The predicted molar refractivity (Wildman–Crippen MR) is 111 cm³/mol. The van der Waals surface area contributed by atoms with Crippen molar-refractivity contribution in [3.63, 3.8) is 0 Å². The Hall–Kier alpha value is -3.13. The van der Waals surface area contributed by atoms with Gasteiger partial charge in [-0.2, -0.15) is 13.2 Å². The Morgan fingerprint density at radius 2 is 1.77 bits per heavy atom. The van der Waals surface area contributed by atoms with Crippen molar-refractivity contribution >= 4 is 21.9 Å². The van der Waals surface area contributed by atoms with Crippen LogP contribution in [0.1, 0.15) is 36.9 Å². The minimum Gasteiger partial charge on any atom is -0.507 e. The lowest BCUT2D eigenvalue weighted by atomic mass is 9.77. The first kappa shape index (κ1) is 19.8. The van der Waals surface area contributed by atoms with E-state index in [9.17, 15) is 23.4 Å². The SMILES string of the molecule is Cc1cc(C(F)(F)F)cc(O)c1-c1cc2c3ccccc3n(C3CC(C)(O)C3)c2nn1. The molecule has 2 heterocycles. The van der Waals surface area contributed by atoms with Crippen LogP contribution in [0.4, 0.5) is 13.2 Å². The summed E-state index contributed by atoms with van der Waals surface area (Å²) in [6.45, 7) is 3.31. The van der Waals surface area contributed by atoms with E-state index in [0.29, 0.717) is 30.2 Å². The van der Waals surface area contributed by atoms with Crippen LogP contribution in [-0.2, 0) is 6.18 Å². The van der Waals surface area contributed by atoms with Gasteiger partial charge >= 0.3 is 6.18 Å². The molecule has 0 unspecified atom stereocenters. The number of fused-ring (bicyclic) bond motifs is 3. The molecule has 0 bridgehead atoms. The normalized spacial score (nSPS) is 21.5. The Labute approximate surface area is 175 Å². The maximum Gasteiger partial charge on any atom is 0.416 e. The maximum absolute atomic E-state index is 13.1. The molecule has 160 valence electrons. The van der Waals surface area contributed by atoms with Crippen LogP contribution in [0.15, 0.2) is 42.5 Å². The molecule has 0 aliphatic heterocycles. The molecule has 0 atom stereocenters. The van der Waals surface area contributed by atoms with Crippen LogP contribution in [0.25, 0.3) is 33.2 Å². The van der Waals surface area contributed by atoms with E-state index in [1.165, 1.54) is 6.92 Å². The third-order valence-electron chi connectivity index (χ3n) is 6.07. The van der Waals surface area contributed by atoms with Gasteiger partial charge in [-0.15, -0.1) is 10.2 Å². The van der Waals surface area contributed by atoms with Crippen LogP contribution in [0.3, 0.4) is 0 Å². The van der Waals surface area contributed by atoms with Crippen molar-refractivity contribution in [2.24, 2.45) is 0 Å². The fourth-order valence-corrected chi connectivity index (χ4v) is 4.68. The largest absolute Gasteiger partial charge is 0.507 e. The van der Waals surface area contributed by atoms with Gasteiger partial charge in [0.1, 0.15) is 5.75 Å². The summed E-state index contributed by atoms with van der Waals surface area (Å²) in [5.74, 6) is -0.486. The molecular formula is C23H20F3N3O2. The van der Waals surface area contributed by atoms with Crippen molar-refractivity contribution in [2.75, 3.05) is 0 Å². The van der Waals surface area contributed by atoms with Crippen molar-refractivity contribution < 1.29 is 23.4 Å². The molecule has 1 aliphatic carbocycles. The number of aromatic hydroxyl groups is 1. The smallest absolute Gasteiger partial charge is 0.416 e. The lowest BCUT2D eigenvalue weighted by molar-refractivity contribution is -0.137. The highest BCUT2D eigenvalue weighted by Gasteiger charge is 2.41. The number of aliphatic hydroxyl groups is 1. The minimum atomic E-state index is -4.55. The van der Waals surface area contributed by atoms with Crippen LogP contribution in [0.5, 0.6) is 5.75 Å². The first-order valence-corrected chi connectivity index (χ1v) is 9.95. The zero-order valence-electron chi connectivity index (χ0n) is 16.9. The van der Waals surface area contributed by atoms with E-state index in [0.717, 1.165) is 22.4 Å². The van der Waals surface area contributed by atoms with Gasteiger partial charge in [0, 0.05) is 22.4 Å². The van der Waals surface area contributed by atoms with Gasteiger partial charge in [0.2, 0.25) is 0 Å². The monoisotopic (exact) mass is 427 g/mol. The summed E-state index contributed by atoms with van der Waals surface area (Å²) in [5.41, 5.74) is 0.783. The number of phenols is 1. The third-order valence-corrected chi connectivity index (χ3v) is 6.07. The second-order valence-electron chi connectivity index (χ2n) is 8.60. The molecule has 31 heavy (non-hydrogen) atoms. The number of hydrogen-bond donors (Lipinski definition) is 2. The minimum absolute atomic E-state index is 0.0822. The number of rotatable bonds is 2. The van der Waals surface area contributed by atoms with E-state index >= 15 is 0 Å².